The Kier molecular flexibility index (Phi) is 6.00. The number of Topliss-reactive ketones (excluding diaryl/α,β-unsaturated/α-hetero) is 1. The van der Waals surface area contributed by atoms with E-state index in [9.17, 15) is 19.8 Å². The van der Waals surface area contributed by atoms with Gasteiger partial charge in [0.15, 0.2) is 11.4 Å². The normalized spacial score (nSPS) is 26.8. The maximum Gasteiger partial charge on any atom is 0.338 e. The van der Waals surface area contributed by atoms with Crippen molar-refractivity contribution in [2.75, 3.05) is 6.61 Å². The number of rotatable bonds is 5. The molecular weight excluding hydrogens is 431 g/mol. The zero-order valence-corrected chi connectivity index (χ0v) is 16.5. The predicted octanol–water partition coefficient (Wildman–Crippen LogP) is 3.44. The molecule has 2 N–H and O–H groups in total. The maximum atomic E-state index is 12.8. The van der Waals surface area contributed by atoms with Gasteiger partial charge in [0.05, 0.1) is 12.0 Å². The average Bonchev–Trinajstić information content (AvgIpc) is 2.89. The van der Waals surface area contributed by atoms with Crippen molar-refractivity contribution >= 4 is 46.6 Å². The number of hydrogen-bond acceptors (Lipinski definition) is 6. The summed E-state index contributed by atoms with van der Waals surface area (Å²) in [4.78, 5) is 25.0. The number of hydrogen-bond donors (Lipinski definition) is 2. The lowest BCUT2D eigenvalue weighted by Gasteiger charge is -2.26. The van der Waals surface area contributed by atoms with Gasteiger partial charge in [-0.3, -0.25) is 4.79 Å². The minimum absolute atomic E-state index is 0.138. The van der Waals surface area contributed by atoms with Crippen molar-refractivity contribution in [3.05, 3.63) is 69.7 Å². The number of ether oxygens (including phenoxy) is 2. The molecule has 28 heavy (non-hydrogen) atoms. The number of esters is 1. The molecule has 2 aromatic carbocycles. The van der Waals surface area contributed by atoms with Gasteiger partial charge in [0.1, 0.15) is 12.7 Å². The van der Waals surface area contributed by atoms with Crippen LogP contribution in [0.5, 0.6) is 0 Å². The third-order valence-corrected chi connectivity index (χ3v) is 5.02. The summed E-state index contributed by atoms with van der Waals surface area (Å²) in [6, 6.07) is 11.8. The van der Waals surface area contributed by atoms with E-state index in [4.69, 9.17) is 44.3 Å². The van der Waals surface area contributed by atoms with Crippen molar-refractivity contribution in [2.45, 2.75) is 23.4 Å². The molecule has 0 saturated carbocycles. The van der Waals surface area contributed by atoms with E-state index in [0.717, 1.165) is 0 Å². The molecule has 0 bridgehead atoms. The molecule has 1 fully saturated rings. The molecule has 0 aliphatic carbocycles. The van der Waals surface area contributed by atoms with Crippen LogP contribution in [-0.4, -0.2) is 45.5 Å². The molecule has 1 unspecified atom stereocenters. The second-order valence-electron chi connectivity index (χ2n) is 6.34. The van der Waals surface area contributed by atoms with Crippen molar-refractivity contribution in [1.82, 2.24) is 0 Å². The Morgan fingerprint density at radius 2 is 1.50 bits per heavy atom. The summed E-state index contributed by atoms with van der Waals surface area (Å²) in [5, 5.41) is 19.5. The molecular formula is C19H15Cl3O6. The van der Waals surface area contributed by atoms with Crippen molar-refractivity contribution in [3.8, 4) is 0 Å². The fraction of sp³-hybridized carbons (Fsp3) is 0.263. The van der Waals surface area contributed by atoms with Gasteiger partial charge in [-0.2, -0.15) is 0 Å². The second kappa shape index (κ2) is 7.99. The Labute approximate surface area is 175 Å². The molecule has 3 atom stereocenters. The summed E-state index contributed by atoms with van der Waals surface area (Å²) >= 11 is 17.4. The summed E-state index contributed by atoms with van der Waals surface area (Å²) < 4.78 is 10.3. The first-order valence-electron chi connectivity index (χ1n) is 8.15. The number of aliphatic hydroxyl groups is 2. The summed E-state index contributed by atoms with van der Waals surface area (Å²) in [5.41, 5.74) is -1.85. The van der Waals surface area contributed by atoms with E-state index in [0.29, 0.717) is 10.0 Å². The molecule has 9 heteroatoms. The van der Waals surface area contributed by atoms with Crippen LogP contribution in [0.1, 0.15) is 27.1 Å². The van der Waals surface area contributed by atoms with E-state index in [-0.39, 0.29) is 11.1 Å². The van der Waals surface area contributed by atoms with Gasteiger partial charge in [0.2, 0.25) is 5.25 Å². The molecule has 0 amide bonds. The number of ketones is 1. The van der Waals surface area contributed by atoms with E-state index >= 15 is 0 Å². The quantitative estimate of drug-likeness (QED) is 0.416. The van der Waals surface area contributed by atoms with Gasteiger partial charge in [-0.05, 0) is 48.5 Å². The number of benzene rings is 2. The first kappa shape index (κ1) is 21.0. The Balaban J connectivity index is 1.77. The molecule has 0 radical (unpaired) electrons. The summed E-state index contributed by atoms with van der Waals surface area (Å²) in [6.45, 7) is -0.508. The predicted molar refractivity (Wildman–Crippen MR) is 103 cm³/mol. The van der Waals surface area contributed by atoms with Crippen molar-refractivity contribution in [1.29, 1.82) is 0 Å². The van der Waals surface area contributed by atoms with Gasteiger partial charge >= 0.3 is 5.97 Å². The molecule has 1 heterocycles. The largest absolute Gasteiger partial charge is 0.459 e. The van der Waals surface area contributed by atoms with Crippen LogP contribution >= 0.6 is 34.8 Å². The van der Waals surface area contributed by atoms with Gasteiger partial charge < -0.3 is 19.7 Å². The van der Waals surface area contributed by atoms with Crippen LogP contribution in [0.2, 0.25) is 10.0 Å². The second-order valence-corrected chi connectivity index (χ2v) is 7.80. The molecule has 0 spiro atoms. The van der Waals surface area contributed by atoms with Crippen LogP contribution in [0.15, 0.2) is 48.5 Å². The third kappa shape index (κ3) is 4.49. The molecule has 1 aliphatic heterocycles. The van der Waals surface area contributed by atoms with E-state index in [2.05, 4.69) is 0 Å². The highest BCUT2D eigenvalue weighted by atomic mass is 35.5. The van der Waals surface area contributed by atoms with Gasteiger partial charge in [-0.1, -0.05) is 34.8 Å². The van der Waals surface area contributed by atoms with Crippen molar-refractivity contribution in [3.63, 3.8) is 0 Å². The van der Waals surface area contributed by atoms with Crippen LogP contribution in [0, 0.1) is 0 Å². The topological polar surface area (TPSA) is 93.1 Å². The van der Waals surface area contributed by atoms with Crippen LogP contribution in [-0.2, 0) is 9.47 Å². The Morgan fingerprint density at radius 3 is 2.04 bits per heavy atom. The Morgan fingerprint density at radius 1 is 1.00 bits per heavy atom. The standard InChI is InChI=1S/C19H15Cl3O6/c20-13-5-1-11(2-6-13)16(23)18(25)10-19(22,26)28-15(18)9-27-17(24)12-3-7-14(21)8-4-12/h1-8,15,25-26H,9-10H2/t15-,18+,19?/m1/s1. The molecule has 148 valence electrons. The number of halogens is 3. The van der Waals surface area contributed by atoms with Crippen LogP contribution in [0.3, 0.4) is 0 Å². The summed E-state index contributed by atoms with van der Waals surface area (Å²) in [6.07, 6.45) is -1.99. The van der Waals surface area contributed by atoms with Gasteiger partial charge in [-0.25, -0.2) is 4.79 Å². The van der Waals surface area contributed by atoms with E-state index < -0.39 is 41.7 Å². The molecule has 3 rings (SSSR count). The summed E-state index contributed by atoms with van der Waals surface area (Å²) in [5.74, 6) is -1.46. The molecule has 6 nitrogen and oxygen atoms in total. The van der Waals surface area contributed by atoms with Crippen LogP contribution in [0.25, 0.3) is 0 Å². The lowest BCUT2D eigenvalue weighted by Crippen LogP contribution is -2.48. The average molecular weight is 446 g/mol. The van der Waals surface area contributed by atoms with E-state index in [1.807, 2.05) is 0 Å². The Bertz CT molecular complexity index is 882. The lowest BCUT2D eigenvalue weighted by atomic mass is 9.86. The van der Waals surface area contributed by atoms with Crippen LogP contribution < -0.4 is 0 Å². The van der Waals surface area contributed by atoms with Gasteiger partial charge in [-0.15, -0.1) is 0 Å². The number of alkyl halides is 1. The monoisotopic (exact) mass is 444 g/mol. The Hall–Kier alpha value is -1.67. The highest BCUT2D eigenvalue weighted by Crippen LogP contribution is 2.41. The van der Waals surface area contributed by atoms with Gasteiger partial charge in [0, 0.05) is 15.6 Å². The fourth-order valence-electron chi connectivity index (χ4n) is 2.87. The first-order chi connectivity index (χ1) is 13.1. The van der Waals surface area contributed by atoms with Gasteiger partial charge in [0.25, 0.3) is 0 Å². The summed E-state index contributed by atoms with van der Waals surface area (Å²) in [7, 11) is 0. The molecule has 0 aromatic heterocycles. The highest BCUT2D eigenvalue weighted by molar-refractivity contribution is 6.31. The maximum absolute atomic E-state index is 12.8. The first-order valence-corrected chi connectivity index (χ1v) is 9.29. The number of carbonyl (C=O) groups excluding carboxylic acids is 2. The highest BCUT2D eigenvalue weighted by Gasteiger charge is 2.59. The number of carbonyl (C=O) groups is 2. The minimum Gasteiger partial charge on any atom is -0.459 e. The third-order valence-electron chi connectivity index (χ3n) is 4.29. The minimum atomic E-state index is -2.28. The fourth-order valence-corrected chi connectivity index (χ4v) is 3.44. The smallest absolute Gasteiger partial charge is 0.338 e. The van der Waals surface area contributed by atoms with E-state index in [1.54, 1.807) is 0 Å². The SMILES string of the molecule is O=C(OC[C@H]1OC(O)(Cl)C[C@@]1(O)C(=O)c1ccc(Cl)cc1)c1ccc(Cl)cc1. The van der Waals surface area contributed by atoms with Crippen LogP contribution in [0.4, 0.5) is 0 Å². The van der Waals surface area contributed by atoms with Crippen molar-refractivity contribution in [2.24, 2.45) is 0 Å². The molecule has 1 saturated heterocycles. The molecule has 2 aromatic rings. The zero-order valence-electron chi connectivity index (χ0n) is 14.3. The lowest BCUT2D eigenvalue weighted by molar-refractivity contribution is -0.143. The van der Waals surface area contributed by atoms with Crippen molar-refractivity contribution < 1.29 is 29.3 Å². The molecule has 1 aliphatic rings. The van der Waals surface area contributed by atoms with E-state index in [1.165, 1.54) is 48.5 Å². The zero-order chi connectivity index (χ0) is 20.5.